The van der Waals surface area contributed by atoms with Crippen LogP contribution in [-0.2, 0) is 9.59 Å². The van der Waals surface area contributed by atoms with Gasteiger partial charge in [0.2, 0.25) is 5.91 Å². The van der Waals surface area contributed by atoms with Gasteiger partial charge in [-0.25, -0.2) is 5.01 Å². The summed E-state index contributed by atoms with van der Waals surface area (Å²) < 4.78 is 0. The van der Waals surface area contributed by atoms with Crippen LogP contribution >= 0.6 is 0 Å². The van der Waals surface area contributed by atoms with Gasteiger partial charge in [0.15, 0.2) is 0 Å². The topological polar surface area (TPSA) is 64.1 Å². The maximum Gasteiger partial charge on any atom is 0.308 e. The quantitative estimate of drug-likeness (QED) is 0.770. The van der Waals surface area contributed by atoms with Crippen LogP contribution in [-0.4, -0.2) is 71.2 Å². The van der Waals surface area contributed by atoms with Gasteiger partial charge in [-0.2, -0.15) is 0 Å². The van der Waals surface area contributed by atoms with Crippen LogP contribution in [0.2, 0.25) is 0 Å². The maximum absolute atomic E-state index is 12.2. The van der Waals surface area contributed by atoms with E-state index in [1.807, 2.05) is 18.9 Å². The normalized spacial score (nSPS) is 34.6. The van der Waals surface area contributed by atoms with Crippen molar-refractivity contribution >= 4 is 11.9 Å². The Bertz CT molecular complexity index is 366. The molecule has 0 aliphatic carbocycles. The summed E-state index contributed by atoms with van der Waals surface area (Å²) in [6.45, 7) is 7.09. The molecule has 0 aromatic rings. The molecule has 0 radical (unpaired) electrons. The molecule has 2 aliphatic heterocycles. The van der Waals surface area contributed by atoms with Gasteiger partial charge < -0.3 is 10.0 Å². The summed E-state index contributed by atoms with van der Waals surface area (Å²) in [6, 6.07) is -0.267. The lowest BCUT2D eigenvalue weighted by molar-refractivity contribution is -0.178. The first-order valence-corrected chi connectivity index (χ1v) is 6.90. The Labute approximate surface area is 113 Å². The average molecular weight is 269 g/mol. The first kappa shape index (κ1) is 14.3. The number of rotatable bonds is 2. The van der Waals surface area contributed by atoms with E-state index in [2.05, 4.69) is 11.9 Å². The minimum absolute atomic E-state index is 0.0575. The zero-order chi connectivity index (χ0) is 14.2. The number of hydrogen-bond donors (Lipinski definition) is 1. The van der Waals surface area contributed by atoms with Gasteiger partial charge in [0, 0.05) is 32.6 Å². The molecule has 2 aliphatic rings. The van der Waals surface area contributed by atoms with E-state index in [1.165, 1.54) is 0 Å². The first-order valence-electron chi connectivity index (χ1n) is 6.90. The summed E-state index contributed by atoms with van der Waals surface area (Å²) in [5, 5.41) is 13.1. The molecule has 6 heteroatoms. The van der Waals surface area contributed by atoms with Crippen LogP contribution in [0.4, 0.5) is 0 Å². The van der Waals surface area contributed by atoms with Gasteiger partial charge in [0.1, 0.15) is 0 Å². The highest BCUT2D eigenvalue weighted by Gasteiger charge is 2.44. The zero-order valence-corrected chi connectivity index (χ0v) is 11.9. The second kappa shape index (κ2) is 5.46. The van der Waals surface area contributed by atoms with Crippen LogP contribution in [0.25, 0.3) is 0 Å². The van der Waals surface area contributed by atoms with Gasteiger partial charge in [-0.15, -0.1) is 0 Å². The van der Waals surface area contributed by atoms with Crippen LogP contribution in [0.3, 0.4) is 0 Å². The van der Waals surface area contributed by atoms with Crippen molar-refractivity contribution in [2.75, 3.05) is 33.2 Å². The Morgan fingerprint density at radius 2 is 1.79 bits per heavy atom. The number of carboxylic acids is 1. The number of hydrazine groups is 1. The van der Waals surface area contributed by atoms with E-state index in [-0.39, 0.29) is 17.9 Å². The van der Waals surface area contributed by atoms with Crippen molar-refractivity contribution in [1.29, 1.82) is 0 Å². The third kappa shape index (κ3) is 2.74. The van der Waals surface area contributed by atoms with Gasteiger partial charge in [-0.05, 0) is 19.9 Å². The monoisotopic (exact) mass is 269 g/mol. The highest BCUT2D eigenvalue weighted by atomic mass is 16.4. The molecule has 2 heterocycles. The van der Waals surface area contributed by atoms with E-state index in [0.29, 0.717) is 6.42 Å². The number of carboxylic acid groups (broad SMARTS) is 1. The van der Waals surface area contributed by atoms with E-state index < -0.39 is 11.9 Å². The number of amides is 1. The molecule has 0 spiro atoms. The van der Waals surface area contributed by atoms with E-state index in [1.54, 1.807) is 5.01 Å². The summed E-state index contributed by atoms with van der Waals surface area (Å²) in [6.07, 6.45) is 0.327. The van der Waals surface area contributed by atoms with E-state index in [9.17, 15) is 14.7 Å². The molecule has 2 fully saturated rings. The highest BCUT2D eigenvalue weighted by Crippen LogP contribution is 2.31. The molecule has 1 N–H and O–H groups in total. The van der Waals surface area contributed by atoms with Crippen LogP contribution < -0.4 is 0 Å². The molecule has 2 rings (SSSR count). The third-order valence-corrected chi connectivity index (χ3v) is 4.34. The molecule has 0 bridgehead atoms. The van der Waals surface area contributed by atoms with E-state index >= 15 is 0 Å². The lowest BCUT2D eigenvalue weighted by atomic mass is 9.82. The molecule has 1 amide bonds. The SMILES string of the molecule is CC1CC(=O)N(N2CCN(C)CC2)C(C)C1C(=O)O. The number of aliphatic carboxylic acids is 1. The Hall–Kier alpha value is -1.14. The Balaban J connectivity index is 2.14. The molecule has 2 saturated heterocycles. The van der Waals surface area contributed by atoms with Crippen molar-refractivity contribution in [3.05, 3.63) is 0 Å². The standard InChI is InChI=1S/C13H23N3O3/c1-9-8-11(17)16(10(2)12(9)13(18)19)15-6-4-14(3)5-7-15/h9-10,12H,4-8H2,1-3H3,(H,18,19). The molecule has 0 aromatic carbocycles. The summed E-state index contributed by atoms with van der Waals surface area (Å²) >= 11 is 0. The molecule has 0 saturated carbocycles. The maximum atomic E-state index is 12.2. The first-order chi connectivity index (χ1) is 8.91. The Morgan fingerprint density at radius 3 is 2.32 bits per heavy atom. The summed E-state index contributed by atoms with van der Waals surface area (Å²) in [5.41, 5.74) is 0. The molecule has 3 atom stereocenters. The highest BCUT2D eigenvalue weighted by molar-refractivity contribution is 5.81. The van der Waals surface area contributed by atoms with Gasteiger partial charge >= 0.3 is 5.97 Å². The largest absolute Gasteiger partial charge is 0.481 e. The summed E-state index contributed by atoms with van der Waals surface area (Å²) in [7, 11) is 2.06. The predicted molar refractivity (Wildman–Crippen MR) is 70.3 cm³/mol. The average Bonchev–Trinajstić information content (AvgIpc) is 2.30. The smallest absolute Gasteiger partial charge is 0.308 e. The number of piperazine rings is 1. The van der Waals surface area contributed by atoms with Crippen LogP contribution in [0.5, 0.6) is 0 Å². The van der Waals surface area contributed by atoms with Crippen molar-refractivity contribution in [2.45, 2.75) is 26.3 Å². The number of carbonyl (C=O) groups is 2. The zero-order valence-electron chi connectivity index (χ0n) is 11.9. The molecule has 6 nitrogen and oxygen atoms in total. The fourth-order valence-corrected chi connectivity index (χ4v) is 3.23. The van der Waals surface area contributed by atoms with Gasteiger partial charge in [0.25, 0.3) is 0 Å². The second-order valence-electron chi connectivity index (χ2n) is 5.78. The van der Waals surface area contributed by atoms with Gasteiger partial charge in [0.05, 0.1) is 12.0 Å². The van der Waals surface area contributed by atoms with E-state index in [0.717, 1.165) is 26.2 Å². The van der Waals surface area contributed by atoms with Crippen molar-refractivity contribution in [1.82, 2.24) is 14.9 Å². The minimum atomic E-state index is -0.799. The molecular formula is C13H23N3O3. The number of nitrogens with zero attached hydrogens (tertiary/aromatic N) is 3. The predicted octanol–water partition coefficient (Wildman–Crippen LogP) is 0.107. The number of piperidine rings is 1. The van der Waals surface area contributed by atoms with E-state index in [4.69, 9.17) is 0 Å². The van der Waals surface area contributed by atoms with Crippen molar-refractivity contribution < 1.29 is 14.7 Å². The third-order valence-electron chi connectivity index (χ3n) is 4.34. The summed E-state index contributed by atoms with van der Waals surface area (Å²) in [4.78, 5) is 25.9. The lowest BCUT2D eigenvalue weighted by Crippen LogP contribution is -2.62. The second-order valence-corrected chi connectivity index (χ2v) is 5.78. The Morgan fingerprint density at radius 1 is 1.21 bits per heavy atom. The molecule has 3 unspecified atom stereocenters. The molecule has 0 aromatic heterocycles. The molecule has 108 valence electrons. The fraction of sp³-hybridized carbons (Fsp3) is 0.846. The van der Waals surface area contributed by atoms with Crippen LogP contribution in [0, 0.1) is 11.8 Å². The van der Waals surface area contributed by atoms with Crippen LogP contribution in [0.15, 0.2) is 0 Å². The lowest BCUT2D eigenvalue weighted by Gasteiger charge is -2.48. The van der Waals surface area contributed by atoms with Gasteiger partial charge in [-0.1, -0.05) is 6.92 Å². The van der Waals surface area contributed by atoms with Crippen molar-refractivity contribution in [3.63, 3.8) is 0 Å². The number of hydrogen-bond acceptors (Lipinski definition) is 4. The van der Waals surface area contributed by atoms with Gasteiger partial charge in [-0.3, -0.25) is 14.6 Å². The Kier molecular flexibility index (Phi) is 4.10. The molecule has 19 heavy (non-hydrogen) atoms. The van der Waals surface area contributed by atoms with Crippen LogP contribution in [0.1, 0.15) is 20.3 Å². The number of carbonyl (C=O) groups excluding carboxylic acids is 1. The summed E-state index contributed by atoms with van der Waals surface area (Å²) in [5.74, 6) is -1.31. The van der Waals surface area contributed by atoms with Crippen molar-refractivity contribution in [3.8, 4) is 0 Å². The molecular weight excluding hydrogens is 246 g/mol. The van der Waals surface area contributed by atoms with Crippen molar-refractivity contribution in [2.24, 2.45) is 11.8 Å². The number of likely N-dealkylation sites (N-methyl/N-ethyl adjacent to an activating group) is 1. The fourth-order valence-electron chi connectivity index (χ4n) is 3.23. The minimum Gasteiger partial charge on any atom is -0.481 e.